The van der Waals surface area contributed by atoms with Gasteiger partial charge in [-0.15, -0.1) is 0 Å². The van der Waals surface area contributed by atoms with Gasteiger partial charge in [0.15, 0.2) is 22.0 Å². The first-order chi connectivity index (χ1) is 18.7. The van der Waals surface area contributed by atoms with Crippen LogP contribution in [0.5, 0.6) is 17.2 Å². The standard InChI is InChI=1S/C27H24Br2N2O7S/c1-5-36-20-8-7-15(10-21(20)37-6-2)23-18(26(34)35-4)13-30-27-31(23)25(33)22(39-27)11-16-9-17(28)12-19(29)24(16)38-14(3)32/h7-13,23H,5-6H2,1-4H3/b22-11+/t23-/m0/s1. The van der Waals surface area contributed by atoms with Gasteiger partial charge >= 0.3 is 11.9 Å². The minimum Gasteiger partial charge on any atom is -0.490 e. The summed E-state index contributed by atoms with van der Waals surface area (Å²) in [6.45, 7) is 5.88. The van der Waals surface area contributed by atoms with Crippen LogP contribution in [-0.4, -0.2) is 36.8 Å². The average Bonchev–Trinajstić information content (AvgIpc) is 3.21. The normalized spacial score (nSPS) is 14.7. The van der Waals surface area contributed by atoms with Crippen LogP contribution in [0.3, 0.4) is 0 Å². The third kappa shape index (κ3) is 6.02. The van der Waals surface area contributed by atoms with Crippen LogP contribution in [0.1, 0.15) is 37.9 Å². The van der Waals surface area contributed by atoms with Crippen LogP contribution < -0.4 is 29.1 Å². The molecule has 3 aromatic rings. The molecule has 0 unspecified atom stereocenters. The van der Waals surface area contributed by atoms with Crippen LogP contribution in [0.15, 0.2) is 60.8 Å². The summed E-state index contributed by atoms with van der Waals surface area (Å²) in [5.41, 5.74) is 0.927. The minimum atomic E-state index is -0.826. The molecule has 204 valence electrons. The van der Waals surface area contributed by atoms with E-state index in [-0.39, 0.29) is 16.9 Å². The third-order valence-electron chi connectivity index (χ3n) is 5.58. The Morgan fingerprint density at radius 1 is 1.10 bits per heavy atom. The fourth-order valence-electron chi connectivity index (χ4n) is 4.07. The highest BCUT2D eigenvalue weighted by Gasteiger charge is 2.31. The number of nitrogens with zero attached hydrogens (tertiary/aromatic N) is 2. The van der Waals surface area contributed by atoms with Crippen LogP contribution in [0.25, 0.3) is 6.08 Å². The molecule has 0 spiro atoms. The van der Waals surface area contributed by atoms with E-state index in [2.05, 4.69) is 36.9 Å². The molecule has 0 radical (unpaired) electrons. The first-order valence-electron chi connectivity index (χ1n) is 11.8. The van der Waals surface area contributed by atoms with E-state index in [4.69, 9.17) is 18.9 Å². The number of aromatic nitrogens is 1. The maximum atomic E-state index is 13.9. The second-order valence-corrected chi connectivity index (χ2v) is 10.9. The Balaban J connectivity index is 1.94. The Bertz CT molecular complexity index is 1660. The number of hydrogen-bond acceptors (Lipinski definition) is 9. The molecule has 0 amide bonds. The van der Waals surface area contributed by atoms with Crippen LogP contribution in [0.2, 0.25) is 0 Å². The van der Waals surface area contributed by atoms with E-state index in [0.29, 0.717) is 54.1 Å². The molecule has 1 aliphatic rings. The quantitative estimate of drug-likeness (QED) is 0.259. The van der Waals surface area contributed by atoms with Gasteiger partial charge in [0.05, 0.1) is 40.9 Å². The molecule has 0 fully saturated rings. The lowest BCUT2D eigenvalue weighted by Crippen LogP contribution is -2.39. The van der Waals surface area contributed by atoms with Crippen molar-refractivity contribution in [2.24, 2.45) is 4.99 Å². The van der Waals surface area contributed by atoms with E-state index in [1.165, 1.54) is 24.8 Å². The van der Waals surface area contributed by atoms with E-state index >= 15 is 0 Å². The molecule has 1 aliphatic heterocycles. The van der Waals surface area contributed by atoms with Crippen molar-refractivity contribution in [1.82, 2.24) is 4.57 Å². The second-order valence-electron chi connectivity index (χ2n) is 8.15. The van der Waals surface area contributed by atoms with Crippen molar-refractivity contribution in [2.45, 2.75) is 26.8 Å². The first-order valence-corrected chi connectivity index (χ1v) is 14.2. The lowest BCUT2D eigenvalue weighted by molar-refractivity contribution is -0.136. The van der Waals surface area contributed by atoms with E-state index in [1.807, 2.05) is 13.8 Å². The van der Waals surface area contributed by atoms with E-state index < -0.39 is 18.0 Å². The van der Waals surface area contributed by atoms with Gasteiger partial charge in [-0.2, -0.15) is 0 Å². The summed E-state index contributed by atoms with van der Waals surface area (Å²) in [5, 5.41) is 0. The summed E-state index contributed by atoms with van der Waals surface area (Å²) in [4.78, 5) is 43.2. The number of thiazole rings is 1. The number of methoxy groups -OCH3 is 1. The van der Waals surface area contributed by atoms with Crippen molar-refractivity contribution in [3.63, 3.8) is 0 Å². The molecule has 2 heterocycles. The summed E-state index contributed by atoms with van der Waals surface area (Å²) in [5.74, 6) is 0.203. The lowest BCUT2D eigenvalue weighted by Gasteiger charge is -2.23. The molecule has 12 heteroatoms. The maximum absolute atomic E-state index is 13.9. The average molecular weight is 680 g/mol. The monoisotopic (exact) mass is 678 g/mol. The van der Waals surface area contributed by atoms with Gasteiger partial charge in [0, 0.05) is 23.2 Å². The van der Waals surface area contributed by atoms with Crippen molar-refractivity contribution in [1.29, 1.82) is 0 Å². The van der Waals surface area contributed by atoms with E-state index in [1.54, 1.807) is 36.4 Å². The highest BCUT2D eigenvalue weighted by molar-refractivity contribution is 9.11. The molecule has 4 rings (SSSR count). The molecule has 2 aromatic carbocycles. The largest absolute Gasteiger partial charge is 0.490 e. The van der Waals surface area contributed by atoms with Crippen molar-refractivity contribution in [2.75, 3.05) is 20.3 Å². The fourth-order valence-corrected chi connectivity index (χ4v) is 6.37. The van der Waals surface area contributed by atoms with E-state index in [9.17, 15) is 14.4 Å². The highest BCUT2D eigenvalue weighted by Crippen LogP contribution is 2.36. The van der Waals surface area contributed by atoms with Crippen LogP contribution in [0.4, 0.5) is 0 Å². The molecular weight excluding hydrogens is 656 g/mol. The number of halogens is 2. The summed E-state index contributed by atoms with van der Waals surface area (Å²) >= 11 is 8.00. The smallest absolute Gasteiger partial charge is 0.337 e. The fraction of sp³-hybridized carbons (Fsp3) is 0.259. The van der Waals surface area contributed by atoms with E-state index in [0.717, 1.165) is 11.3 Å². The highest BCUT2D eigenvalue weighted by atomic mass is 79.9. The second kappa shape index (κ2) is 12.3. The number of esters is 2. The number of ether oxygens (including phenoxy) is 4. The van der Waals surface area contributed by atoms with Crippen LogP contribution >= 0.6 is 43.2 Å². The van der Waals surface area contributed by atoms with Crippen LogP contribution in [0, 0.1) is 0 Å². The van der Waals surface area contributed by atoms with Crippen molar-refractivity contribution < 1.29 is 28.5 Å². The summed E-state index contributed by atoms with van der Waals surface area (Å²) in [6.07, 6.45) is 3.04. The molecule has 0 bridgehead atoms. The van der Waals surface area contributed by atoms with Crippen molar-refractivity contribution >= 4 is 61.2 Å². The number of rotatable bonds is 8. The predicted octanol–water partition coefficient (Wildman–Crippen LogP) is 4.27. The predicted molar refractivity (Wildman–Crippen MR) is 153 cm³/mol. The first kappa shape index (κ1) is 28.8. The number of carbonyl (C=O) groups is 2. The Morgan fingerprint density at radius 3 is 2.49 bits per heavy atom. The summed E-state index contributed by atoms with van der Waals surface area (Å²) in [7, 11) is 1.27. The zero-order valence-corrected chi connectivity index (χ0v) is 25.4. The van der Waals surface area contributed by atoms with Crippen LogP contribution in [-0.2, 0) is 14.3 Å². The molecule has 1 aromatic heterocycles. The molecule has 0 saturated heterocycles. The van der Waals surface area contributed by atoms with Crippen molar-refractivity contribution in [3.05, 3.63) is 81.9 Å². The van der Waals surface area contributed by atoms with Gasteiger partial charge in [0.25, 0.3) is 5.56 Å². The van der Waals surface area contributed by atoms with Gasteiger partial charge in [-0.25, -0.2) is 9.79 Å². The molecule has 0 aliphatic carbocycles. The SMILES string of the molecule is CCOc1ccc([C@H]2C(C(=O)OC)=CN=c3s/c(=C/c4cc(Br)cc(Br)c4OC(C)=O)c(=O)n32)cc1OCC. The third-order valence-corrected chi connectivity index (χ3v) is 7.62. The molecular formula is C27H24Br2N2O7S. The lowest BCUT2D eigenvalue weighted by atomic mass is 9.97. The van der Waals surface area contributed by atoms with Gasteiger partial charge in [0.1, 0.15) is 0 Å². The maximum Gasteiger partial charge on any atom is 0.337 e. The Hall–Kier alpha value is -3.22. The van der Waals surface area contributed by atoms with Gasteiger partial charge in [-0.1, -0.05) is 33.3 Å². The summed E-state index contributed by atoms with van der Waals surface area (Å²) < 4.78 is 24.9. The topological polar surface area (TPSA) is 105 Å². The van der Waals surface area contributed by atoms with Gasteiger partial charge in [-0.05, 0) is 65.7 Å². The van der Waals surface area contributed by atoms with Gasteiger partial charge in [-0.3, -0.25) is 14.2 Å². The number of carbonyl (C=O) groups excluding carboxylic acids is 2. The minimum absolute atomic E-state index is 0.189. The Labute approximate surface area is 244 Å². The molecule has 39 heavy (non-hydrogen) atoms. The zero-order valence-electron chi connectivity index (χ0n) is 21.4. The molecule has 9 nitrogen and oxygen atoms in total. The van der Waals surface area contributed by atoms with Crippen molar-refractivity contribution in [3.8, 4) is 17.2 Å². The molecule has 0 N–H and O–H groups in total. The molecule has 0 saturated carbocycles. The summed E-state index contributed by atoms with van der Waals surface area (Å²) in [6, 6.07) is 7.93. The zero-order chi connectivity index (χ0) is 28.3. The molecule has 1 atom stereocenters. The van der Waals surface area contributed by atoms with Gasteiger partial charge < -0.3 is 18.9 Å². The number of hydrogen-bond donors (Lipinski definition) is 0. The Morgan fingerprint density at radius 2 is 1.82 bits per heavy atom. The Kier molecular flexibility index (Phi) is 9.08. The number of benzene rings is 2. The number of fused-ring (bicyclic) bond motifs is 1. The van der Waals surface area contributed by atoms with Gasteiger partial charge in [0.2, 0.25) is 0 Å².